The molecule has 2 atom stereocenters. The van der Waals surface area contributed by atoms with Crippen LogP contribution in [0.4, 0.5) is 0 Å². The predicted molar refractivity (Wildman–Crippen MR) is 74.5 cm³/mol. The van der Waals surface area contributed by atoms with Crippen LogP contribution in [-0.2, 0) is 15.8 Å². The number of ether oxygens (including phenoxy) is 1. The van der Waals surface area contributed by atoms with Crippen LogP contribution >= 0.6 is 0 Å². The monoisotopic (exact) mass is 263 g/mol. The van der Waals surface area contributed by atoms with E-state index in [2.05, 4.69) is 25.7 Å². The van der Waals surface area contributed by atoms with Gasteiger partial charge in [-0.15, -0.1) is 0 Å². The fourth-order valence-corrected chi connectivity index (χ4v) is 2.50. The average molecular weight is 263 g/mol. The van der Waals surface area contributed by atoms with E-state index < -0.39 is 14.4 Å². The van der Waals surface area contributed by atoms with Gasteiger partial charge in [-0.3, -0.25) is 0 Å². The summed E-state index contributed by atoms with van der Waals surface area (Å²) in [6.45, 7) is 8.61. The highest BCUT2D eigenvalue weighted by atomic mass is 28.4. The molecule has 0 N–H and O–H groups in total. The molecule has 0 aromatic heterocycles. The first-order valence-electron chi connectivity index (χ1n) is 6.15. The SMILES string of the molecule is C[C@H](OCc1ccccc1)[C@H](C#N)O[Si](C)(C)C. The van der Waals surface area contributed by atoms with E-state index in [1.165, 1.54) is 0 Å². The fourth-order valence-electron chi connectivity index (χ4n) is 1.50. The van der Waals surface area contributed by atoms with Crippen molar-refractivity contribution in [1.29, 1.82) is 5.26 Å². The molecule has 0 aliphatic rings. The van der Waals surface area contributed by atoms with Gasteiger partial charge in [-0.25, -0.2) is 0 Å². The zero-order valence-electron chi connectivity index (χ0n) is 11.5. The highest BCUT2D eigenvalue weighted by Crippen LogP contribution is 2.13. The van der Waals surface area contributed by atoms with Crippen LogP contribution in [0.3, 0.4) is 0 Å². The normalized spacial score (nSPS) is 14.8. The summed E-state index contributed by atoms with van der Waals surface area (Å²) in [5.41, 5.74) is 1.11. The van der Waals surface area contributed by atoms with Crippen molar-refractivity contribution >= 4 is 8.32 Å². The van der Waals surface area contributed by atoms with Gasteiger partial charge in [0.05, 0.1) is 18.8 Å². The van der Waals surface area contributed by atoms with E-state index in [1.807, 2.05) is 37.3 Å². The maximum absolute atomic E-state index is 9.12. The minimum Gasteiger partial charge on any atom is -0.400 e. The number of hydrogen-bond acceptors (Lipinski definition) is 3. The van der Waals surface area contributed by atoms with Crippen molar-refractivity contribution in [2.45, 2.75) is 45.4 Å². The number of nitriles is 1. The first-order valence-corrected chi connectivity index (χ1v) is 9.56. The average Bonchev–Trinajstić information content (AvgIpc) is 2.33. The van der Waals surface area contributed by atoms with E-state index in [-0.39, 0.29) is 6.10 Å². The Morgan fingerprint density at radius 3 is 2.33 bits per heavy atom. The quantitative estimate of drug-likeness (QED) is 0.739. The van der Waals surface area contributed by atoms with Gasteiger partial charge in [0.1, 0.15) is 0 Å². The Hall–Kier alpha value is -1.15. The van der Waals surface area contributed by atoms with Crippen molar-refractivity contribution < 1.29 is 9.16 Å². The maximum atomic E-state index is 9.12. The molecule has 4 heteroatoms. The molecule has 0 amide bonds. The first kappa shape index (κ1) is 14.9. The molecule has 1 rings (SSSR count). The van der Waals surface area contributed by atoms with Crippen LogP contribution in [0.5, 0.6) is 0 Å². The molecule has 18 heavy (non-hydrogen) atoms. The highest BCUT2D eigenvalue weighted by molar-refractivity contribution is 6.69. The van der Waals surface area contributed by atoms with E-state index in [9.17, 15) is 0 Å². The molecule has 0 unspecified atom stereocenters. The molecule has 0 heterocycles. The van der Waals surface area contributed by atoms with Gasteiger partial charge in [0.2, 0.25) is 0 Å². The molecule has 3 nitrogen and oxygen atoms in total. The molecule has 0 aliphatic heterocycles. The van der Waals surface area contributed by atoms with Crippen LogP contribution in [0, 0.1) is 11.3 Å². The lowest BCUT2D eigenvalue weighted by atomic mass is 10.2. The third kappa shape index (κ3) is 5.45. The lowest BCUT2D eigenvalue weighted by Gasteiger charge is -2.26. The van der Waals surface area contributed by atoms with Crippen LogP contribution in [0.2, 0.25) is 19.6 Å². The van der Waals surface area contributed by atoms with E-state index in [0.29, 0.717) is 6.61 Å². The molecular formula is C14H21NO2Si. The minimum absolute atomic E-state index is 0.220. The molecule has 0 saturated carbocycles. The number of nitrogens with zero attached hydrogens (tertiary/aromatic N) is 1. The molecule has 0 bridgehead atoms. The number of benzene rings is 1. The summed E-state index contributed by atoms with van der Waals surface area (Å²) in [7, 11) is -1.71. The summed E-state index contributed by atoms with van der Waals surface area (Å²) in [4.78, 5) is 0. The molecule has 0 saturated heterocycles. The largest absolute Gasteiger partial charge is 0.400 e. The van der Waals surface area contributed by atoms with Gasteiger partial charge in [0.15, 0.2) is 14.4 Å². The highest BCUT2D eigenvalue weighted by Gasteiger charge is 2.25. The zero-order chi connectivity index (χ0) is 13.6. The third-order valence-electron chi connectivity index (χ3n) is 2.39. The van der Waals surface area contributed by atoms with Gasteiger partial charge in [-0.2, -0.15) is 5.26 Å². The van der Waals surface area contributed by atoms with Crippen molar-refractivity contribution in [3.05, 3.63) is 35.9 Å². The van der Waals surface area contributed by atoms with Crippen LogP contribution in [0.15, 0.2) is 30.3 Å². The fraction of sp³-hybridized carbons (Fsp3) is 0.500. The lowest BCUT2D eigenvalue weighted by molar-refractivity contribution is -0.00571. The van der Waals surface area contributed by atoms with Gasteiger partial charge in [0.25, 0.3) is 0 Å². The standard InChI is InChI=1S/C14H21NO2Si/c1-12(14(10-15)17-18(2,3)4)16-11-13-8-6-5-7-9-13/h5-9,12,14H,11H2,1-4H3/t12-,14-/m0/s1. The van der Waals surface area contributed by atoms with Crippen molar-refractivity contribution in [2.75, 3.05) is 0 Å². The van der Waals surface area contributed by atoms with Gasteiger partial charge < -0.3 is 9.16 Å². The first-order chi connectivity index (χ1) is 8.42. The molecule has 98 valence electrons. The summed E-state index contributed by atoms with van der Waals surface area (Å²) in [6, 6.07) is 12.1. The summed E-state index contributed by atoms with van der Waals surface area (Å²) in [5.74, 6) is 0. The van der Waals surface area contributed by atoms with Crippen molar-refractivity contribution in [3.63, 3.8) is 0 Å². The van der Waals surface area contributed by atoms with Crippen LogP contribution in [0.1, 0.15) is 12.5 Å². The lowest BCUT2D eigenvalue weighted by Crippen LogP contribution is -2.38. The Morgan fingerprint density at radius 1 is 1.22 bits per heavy atom. The minimum atomic E-state index is -1.71. The molecule has 0 aliphatic carbocycles. The van der Waals surface area contributed by atoms with Gasteiger partial charge in [-0.1, -0.05) is 30.3 Å². The Bertz CT molecular complexity index is 394. The second-order valence-electron chi connectivity index (χ2n) is 5.28. The van der Waals surface area contributed by atoms with Crippen LogP contribution in [0.25, 0.3) is 0 Å². The molecular weight excluding hydrogens is 242 g/mol. The Morgan fingerprint density at radius 2 is 1.83 bits per heavy atom. The van der Waals surface area contributed by atoms with Gasteiger partial charge in [-0.05, 0) is 32.1 Å². The molecule has 0 spiro atoms. The van der Waals surface area contributed by atoms with E-state index >= 15 is 0 Å². The molecule has 0 fully saturated rings. The smallest absolute Gasteiger partial charge is 0.185 e. The second-order valence-corrected chi connectivity index (χ2v) is 9.74. The number of rotatable bonds is 6. The summed E-state index contributed by atoms with van der Waals surface area (Å²) >= 11 is 0. The van der Waals surface area contributed by atoms with E-state index in [1.54, 1.807) is 0 Å². The summed E-state index contributed by atoms with van der Waals surface area (Å²) in [5, 5.41) is 9.12. The van der Waals surface area contributed by atoms with E-state index in [0.717, 1.165) is 5.56 Å². The molecule has 0 radical (unpaired) electrons. The van der Waals surface area contributed by atoms with Gasteiger partial charge in [0, 0.05) is 0 Å². The molecule has 1 aromatic carbocycles. The summed E-state index contributed by atoms with van der Waals surface area (Å²) in [6.07, 6.45) is -0.706. The Balaban J connectivity index is 2.49. The van der Waals surface area contributed by atoms with E-state index in [4.69, 9.17) is 14.4 Å². The summed E-state index contributed by atoms with van der Waals surface area (Å²) < 4.78 is 11.5. The van der Waals surface area contributed by atoms with Crippen molar-refractivity contribution in [1.82, 2.24) is 0 Å². The van der Waals surface area contributed by atoms with Crippen LogP contribution < -0.4 is 0 Å². The number of hydrogen-bond donors (Lipinski definition) is 0. The van der Waals surface area contributed by atoms with Crippen molar-refractivity contribution in [2.24, 2.45) is 0 Å². The van der Waals surface area contributed by atoms with Gasteiger partial charge >= 0.3 is 0 Å². The second kappa shape index (κ2) is 6.69. The maximum Gasteiger partial charge on any atom is 0.185 e. The predicted octanol–water partition coefficient (Wildman–Crippen LogP) is 3.34. The van der Waals surface area contributed by atoms with Crippen molar-refractivity contribution in [3.8, 4) is 6.07 Å². The van der Waals surface area contributed by atoms with Crippen LogP contribution in [-0.4, -0.2) is 20.5 Å². The third-order valence-corrected chi connectivity index (χ3v) is 3.35. The Kier molecular flexibility index (Phi) is 5.54. The Labute approximate surface area is 110 Å². The zero-order valence-corrected chi connectivity index (χ0v) is 12.5. The topological polar surface area (TPSA) is 42.2 Å². The molecule has 1 aromatic rings.